The molecule has 0 bridgehead atoms. The van der Waals surface area contributed by atoms with Gasteiger partial charge in [0, 0.05) is 49.9 Å². The second kappa shape index (κ2) is 13.8. The summed E-state index contributed by atoms with van der Waals surface area (Å²) in [7, 11) is 0. The molecule has 0 aliphatic rings. The molecule has 0 saturated carbocycles. The van der Waals surface area contributed by atoms with E-state index in [1.807, 2.05) is 12.1 Å². The molecule has 3 nitrogen and oxygen atoms in total. The Bertz CT molecular complexity index is 3210. The van der Waals surface area contributed by atoms with Gasteiger partial charge in [0.15, 0.2) is 0 Å². The molecule has 274 valence electrons. The lowest BCUT2D eigenvalue weighted by atomic mass is 10.0. The van der Waals surface area contributed by atoms with Crippen molar-refractivity contribution in [1.29, 1.82) is 0 Å². The highest BCUT2D eigenvalue weighted by molar-refractivity contribution is 6.10. The average molecular weight is 743 g/mol. The summed E-state index contributed by atoms with van der Waals surface area (Å²) in [6, 6.07) is 76.3. The minimum Gasteiger partial charge on any atom is -0.455 e. The van der Waals surface area contributed by atoms with E-state index in [9.17, 15) is 0 Å². The monoisotopic (exact) mass is 742 g/mol. The van der Waals surface area contributed by atoms with Crippen LogP contribution >= 0.6 is 0 Å². The Morgan fingerprint density at radius 2 is 0.862 bits per heavy atom. The lowest BCUT2D eigenvalue weighted by Crippen LogP contribution is -2.09. The first kappa shape index (κ1) is 33.7. The number of hydrogen-bond acceptors (Lipinski definition) is 2. The van der Waals surface area contributed by atoms with Crippen LogP contribution in [0.25, 0.3) is 82.8 Å². The molecule has 0 amide bonds. The fraction of sp³-hybridized carbons (Fsp3) is 0.0182. The van der Waals surface area contributed by atoms with Crippen molar-refractivity contribution in [3.63, 3.8) is 0 Å². The number of para-hydroxylation sites is 4. The summed E-state index contributed by atoms with van der Waals surface area (Å²) in [5, 5.41) is 4.81. The molecule has 3 heteroatoms. The van der Waals surface area contributed by atoms with Crippen molar-refractivity contribution in [2.24, 2.45) is 0 Å². The smallest absolute Gasteiger partial charge is 0.143 e. The van der Waals surface area contributed by atoms with Gasteiger partial charge in [0.25, 0.3) is 0 Å². The van der Waals surface area contributed by atoms with Gasteiger partial charge in [-0.15, -0.1) is 0 Å². The largest absolute Gasteiger partial charge is 0.455 e. The molecule has 11 aromatic rings. The van der Waals surface area contributed by atoms with Crippen LogP contribution in [-0.2, 0) is 0 Å². The van der Waals surface area contributed by atoms with Crippen LogP contribution in [0.2, 0.25) is 0 Å². The molecule has 2 heterocycles. The maximum absolute atomic E-state index is 6.40. The highest BCUT2D eigenvalue weighted by Gasteiger charge is 2.17. The van der Waals surface area contributed by atoms with Crippen LogP contribution < -0.4 is 4.90 Å². The molecular weight excluding hydrogens is 705 g/mol. The van der Waals surface area contributed by atoms with E-state index >= 15 is 0 Å². The molecule has 0 unspecified atom stereocenters. The number of anilines is 3. The third-order valence-electron chi connectivity index (χ3n) is 11.5. The quantitative estimate of drug-likeness (QED) is 0.162. The van der Waals surface area contributed by atoms with Gasteiger partial charge in [-0.2, -0.15) is 0 Å². The van der Waals surface area contributed by atoms with E-state index in [-0.39, 0.29) is 0 Å². The SMILES string of the molecule is Cc1cccc(-c2ccc(N(c3ccc(-c4ccc(-n5c6ccccc6c6ccccc65)cc4)cc3)c3ccc(-c4cccc5c4oc4ccccc45)cc3)cc2)c1. The van der Waals surface area contributed by atoms with E-state index in [1.165, 1.54) is 49.6 Å². The van der Waals surface area contributed by atoms with Crippen LogP contribution in [0, 0.1) is 6.92 Å². The van der Waals surface area contributed by atoms with E-state index in [4.69, 9.17) is 4.42 Å². The maximum atomic E-state index is 6.40. The standard InChI is InChI=1S/C55H38N2O/c1-37-10-8-11-42(36-37)40-24-30-44(31-25-40)56(45-34-26-41(27-35-45)47-15-9-16-51-50-14-4-7-19-54(50)58-55(47)51)43-28-20-38(21-29-43)39-22-32-46(33-23-39)57-52-17-5-2-12-48(52)49-13-3-6-18-53(49)57/h2-36H,1H3. The minimum absolute atomic E-state index is 0.907. The van der Waals surface area contributed by atoms with Crippen LogP contribution in [0.4, 0.5) is 17.1 Å². The topological polar surface area (TPSA) is 21.3 Å². The number of furan rings is 1. The van der Waals surface area contributed by atoms with Gasteiger partial charge in [-0.1, -0.05) is 151 Å². The van der Waals surface area contributed by atoms with Gasteiger partial charge in [-0.05, 0) is 101 Å². The highest BCUT2D eigenvalue weighted by atomic mass is 16.3. The van der Waals surface area contributed by atoms with Crippen molar-refractivity contribution >= 4 is 60.8 Å². The average Bonchev–Trinajstić information content (AvgIpc) is 3.84. The molecule has 0 N–H and O–H groups in total. The van der Waals surface area contributed by atoms with E-state index in [0.29, 0.717) is 0 Å². The normalized spacial score (nSPS) is 11.5. The van der Waals surface area contributed by atoms with E-state index in [1.54, 1.807) is 0 Å². The Hall–Kier alpha value is -7.62. The lowest BCUT2D eigenvalue weighted by Gasteiger charge is -2.26. The van der Waals surface area contributed by atoms with Crippen molar-refractivity contribution in [1.82, 2.24) is 4.57 Å². The lowest BCUT2D eigenvalue weighted by molar-refractivity contribution is 0.670. The number of nitrogens with zero attached hydrogens (tertiary/aromatic N) is 2. The molecule has 11 rings (SSSR count). The van der Waals surface area contributed by atoms with Crippen molar-refractivity contribution in [2.75, 3.05) is 4.90 Å². The molecule has 0 spiro atoms. The fourth-order valence-electron chi connectivity index (χ4n) is 8.65. The van der Waals surface area contributed by atoms with Gasteiger partial charge in [0.1, 0.15) is 11.2 Å². The molecule has 0 fully saturated rings. The Morgan fingerprint density at radius 3 is 1.47 bits per heavy atom. The summed E-state index contributed by atoms with van der Waals surface area (Å²) in [5.41, 5.74) is 16.9. The van der Waals surface area contributed by atoms with E-state index in [2.05, 4.69) is 217 Å². The van der Waals surface area contributed by atoms with E-state index < -0.39 is 0 Å². The molecular formula is C55H38N2O. The number of benzene rings is 9. The summed E-state index contributed by atoms with van der Waals surface area (Å²) in [6.07, 6.45) is 0. The second-order valence-corrected chi connectivity index (χ2v) is 15.0. The number of aryl methyl sites for hydroxylation is 1. The Balaban J connectivity index is 0.949. The fourth-order valence-corrected chi connectivity index (χ4v) is 8.65. The van der Waals surface area contributed by atoms with Crippen molar-refractivity contribution < 1.29 is 4.42 Å². The maximum Gasteiger partial charge on any atom is 0.143 e. The van der Waals surface area contributed by atoms with Gasteiger partial charge in [0.2, 0.25) is 0 Å². The zero-order valence-electron chi connectivity index (χ0n) is 32.0. The van der Waals surface area contributed by atoms with Crippen LogP contribution in [-0.4, -0.2) is 4.57 Å². The van der Waals surface area contributed by atoms with Crippen molar-refractivity contribution in [2.45, 2.75) is 6.92 Å². The minimum atomic E-state index is 0.907. The third-order valence-corrected chi connectivity index (χ3v) is 11.5. The van der Waals surface area contributed by atoms with Crippen LogP contribution in [0.3, 0.4) is 0 Å². The predicted molar refractivity (Wildman–Crippen MR) is 244 cm³/mol. The first-order valence-corrected chi connectivity index (χ1v) is 19.8. The Kier molecular flexibility index (Phi) is 8.04. The van der Waals surface area contributed by atoms with Crippen molar-refractivity contribution in [3.8, 4) is 39.1 Å². The van der Waals surface area contributed by atoms with Crippen molar-refractivity contribution in [3.05, 3.63) is 218 Å². The summed E-state index contributed by atoms with van der Waals surface area (Å²) < 4.78 is 8.77. The van der Waals surface area contributed by atoms with Crippen LogP contribution in [0.5, 0.6) is 0 Å². The highest BCUT2D eigenvalue weighted by Crippen LogP contribution is 2.40. The first-order valence-electron chi connectivity index (χ1n) is 19.8. The van der Waals surface area contributed by atoms with Gasteiger partial charge in [-0.25, -0.2) is 0 Å². The number of hydrogen-bond donors (Lipinski definition) is 0. The molecule has 0 aliphatic heterocycles. The Labute approximate surface area is 337 Å². The second-order valence-electron chi connectivity index (χ2n) is 15.0. The summed E-state index contributed by atoms with van der Waals surface area (Å²) in [5.74, 6) is 0. The Morgan fingerprint density at radius 1 is 0.379 bits per heavy atom. The van der Waals surface area contributed by atoms with E-state index in [0.717, 1.165) is 55.8 Å². The van der Waals surface area contributed by atoms with Gasteiger partial charge >= 0.3 is 0 Å². The summed E-state index contributed by atoms with van der Waals surface area (Å²) in [4.78, 5) is 2.33. The molecule has 0 radical (unpaired) electrons. The third kappa shape index (κ3) is 5.75. The molecule has 0 aliphatic carbocycles. The predicted octanol–water partition coefficient (Wildman–Crippen LogP) is 15.5. The molecule has 0 saturated heterocycles. The number of aromatic nitrogens is 1. The number of fused-ring (bicyclic) bond motifs is 6. The van der Waals surface area contributed by atoms with Gasteiger partial charge in [0.05, 0.1) is 11.0 Å². The first-order chi connectivity index (χ1) is 28.7. The van der Waals surface area contributed by atoms with Crippen LogP contribution in [0.15, 0.2) is 217 Å². The van der Waals surface area contributed by atoms with Crippen LogP contribution in [0.1, 0.15) is 5.56 Å². The van der Waals surface area contributed by atoms with Gasteiger partial charge < -0.3 is 13.9 Å². The summed E-state index contributed by atoms with van der Waals surface area (Å²) in [6.45, 7) is 2.14. The molecule has 58 heavy (non-hydrogen) atoms. The zero-order valence-corrected chi connectivity index (χ0v) is 32.0. The summed E-state index contributed by atoms with van der Waals surface area (Å²) >= 11 is 0. The van der Waals surface area contributed by atoms with Gasteiger partial charge in [-0.3, -0.25) is 0 Å². The molecule has 0 atom stereocenters. The number of rotatable bonds is 7. The zero-order chi connectivity index (χ0) is 38.6. The molecule has 9 aromatic carbocycles. The molecule has 2 aromatic heterocycles.